The lowest BCUT2D eigenvalue weighted by Gasteiger charge is -2.31. The van der Waals surface area contributed by atoms with Crippen molar-refractivity contribution >= 4 is 11.7 Å². The number of urea groups is 1. The zero-order valence-corrected chi connectivity index (χ0v) is 18.1. The van der Waals surface area contributed by atoms with E-state index in [9.17, 15) is 13.6 Å². The largest absolute Gasteiger partial charge is 0.323 e. The molecule has 0 saturated carbocycles. The molecule has 1 aliphatic heterocycles. The van der Waals surface area contributed by atoms with Crippen LogP contribution in [0.3, 0.4) is 0 Å². The Balaban J connectivity index is 1.62. The van der Waals surface area contributed by atoms with Gasteiger partial charge in [-0.25, -0.2) is 13.6 Å². The number of anilines is 1. The molecule has 0 spiro atoms. The number of hydrogen-bond donors (Lipinski definition) is 1. The SMILES string of the molecule is CCc1ccc([C@@H]2c3cccn3-c3ccccc3CN2C(=O)Nc2ccc(F)cc2F)cc1. The van der Waals surface area contributed by atoms with Crippen LogP contribution in [0.2, 0.25) is 0 Å². The number of rotatable bonds is 3. The number of para-hydroxylation sites is 1. The molecule has 166 valence electrons. The van der Waals surface area contributed by atoms with Crippen LogP contribution in [0.1, 0.15) is 35.3 Å². The number of aryl methyl sites for hydroxylation is 1. The fourth-order valence-electron chi connectivity index (χ4n) is 4.40. The summed E-state index contributed by atoms with van der Waals surface area (Å²) in [6.45, 7) is 2.42. The molecule has 0 bridgehead atoms. The first kappa shape index (κ1) is 20.9. The van der Waals surface area contributed by atoms with Crippen molar-refractivity contribution in [3.8, 4) is 5.69 Å². The van der Waals surface area contributed by atoms with Crippen molar-refractivity contribution in [2.24, 2.45) is 0 Å². The number of halogens is 2. The third-order valence-electron chi connectivity index (χ3n) is 6.10. The van der Waals surface area contributed by atoms with Gasteiger partial charge in [-0.15, -0.1) is 0 Å². The fourth-order valence-corrected chi connectivity index (χ4v) is 4.40. The number of aromatic nitrogens is 1. The topological polar surface area (TPSA) is 37.3 Å². The van der Waals surface area contributed by atoms with Gasteiger partial charge in [0.15, 0.2) is 0 Å². The lowest BCUT2D eigenvalue weighted by atomic mass is 10.00. The number of fused-ring (bicyclic) bond motifs is 3. The summed E-state index contributed by atoms with van der Waals surface area (Å²) in [6.07, 6.45) is 2.91. The average molecular weight is 443 g/mol. The molecule has 0 unspecified atom stereocenters. The first-order chi connectivity index (χ1) is 16.0. The van der Waals surface area contributed by atoms with E-state index >= 15 is 0 Å². The zero-order valence-electron chi connectivity index (χ0n) is 18.1. The number of nitrogens with zero attached hydrogens (tertiary/aromatic N) is 2. The van der Waals surface area contributed by atoms with Crippen molar-refractivity contribution < 1.29 is 13.6 Å². The quantitative estimate of drug-likeness (QED) is 0.388. The van der Waals surface area contributed by atoms with E-state index in [4.69, 9.17) is 0 Å². The summed E-state index contributed by atoms with van der Waals surface area (Å²) in [4.78, 5) is 15.2. The maximum Gasteiger partial charge on any atom is 0.323 e. The van der Waals surface area contributed by atoms with Crippen LogP contribution < -0.4 is 5.32 Å². The highest BCUT2D eigenvalue weighted by Crippen LogP contribution is 2.37. The molecule has 2 heterocycles. The smallest absolute Gasteiger partial charge is 0.318 e. The minimum Gasteiger partial charge on any atom is -0.318 e. The molecule has 4 nitrogen and oxygen atoms in total. The van der Waals surface area contributed by atoms with Crippen molar-refractivity contribution in [1.29, 1.82) is 0 Å². The molecule has 1 aliphatic rings. The number of benzene rings is 3. The summed E-state index contributed by atoms with van der Waals surface area (Å²) < 4.78 is 29.8. The highest BCUT2D eigenvalue weighted by Gasteiger charge is 2.33. The highest BCUT2D eigenvalue weighted by atomic mass is 19.1. The molecule has 0 radical (unpaired) electrons. The number of hydrogen-bond acceptors (Lipinski definition) is 1. The van der Waals surface area contributed by atoms with Crippen molar-refractivity contribution in [1.82, 2.24) is 9.47 Å². The van der Waals surface area contributed by atoms with E-state index in [1.165, 1.54) is 11.6 Å². The molecule has 0 fully saturated rings. The molecule has 6 heteroatoms. The van der Waals surface area contributed by atoms with Gasteiger partial charge in [-0.2, -0.15) is 0 Å². The molecular formula is C27H23F2N3O. The van der Waals surface area contributed by atoms with Gasteiger partial charge in [-0.1, -0.05) is 49.4 Å². The number of carbonyl (C=O) groups is 1. The van der Waals surface area contributed by atoms with E-state index in [-0.39, 0.29) is 5.69 Å². The number of carbonyl (C=O) groups excluding carboxylic acids is 1. The monoisotopic (exact) mass is 443 g/mol. The molecule has 5 rings (SSSR count). The second-order valence-electron chi connectivity index (χ2n) is 8.11. The van der Waals surface area contributed by atoms with Crippen LogP contribution in [0, 0.1) is 11.6 Å². The summed E-state index contributed by atoms with van der Waals surface area (Å²) in [5, 5.41) is 2.65. The van der Waals surface area contributed by atoms with Gasteiger partial charge in [-0.3, -0.25) is 0 Å². The van der Waals surface area contributed by atoms with Gasteiger partial charge in [0.2, 0.25) is 0 Å². The van der Waals surface area contributed by atoms with E-state index in [1.807, 2.05) is 54.7 Å². The second kappa shape index (κ2) is 8.54. The predicted molar refractivity (Wildman–Crippen MR) is 124 cm³/mol. The summed E-state index contributed by atoms with van der Waals surface area (Å²) in [6, 6.07) is 22.3. The van der Waals surface area contributed by atoms with E-state index in [1.54, 1.807) is 4.90 Å². The number of amides is 2. The molecular weight excluding hydrogens is 420 g/mol. The van der Waals surface area contributed by atoms with Gasteiger partial charge in [0.25, 0.3) is 0 Å². The molecule has 1 aromatic heterocycles. The second-order valence-corrected chi connectivity index (χ2v) is 8.11. The predicted octanol–water partition coefficient (Wildman–Crippen LogP) is 6.46. The molecule has 3 aromatic carbocycles. The Morgan fingerprint density at radius 3 is 2.55 bits per heavy atom. The molecule has 33 heavy (non-hydrogen) atoms. The molecule has 4 aromatic rings. The third-order valence-corrected chi connectivity index (χ3v) is 6.10. The van der Waals surface area contributed by atoms with Gasteiger partial charge in [0.05, 0.1) is 24.0 Å². The summed E-state index contributed by atoms with van der Waals surface area (Å²) >= 11 is 0. The Bertz CT molecular complexity index is 1310. The van der Waals surface area contributed by atoms with Crippen LogP contribution >= 0.6 is 0 Å². The Kier molecular flexibility index (Phi) is 5.42. The molecule has 0 saturated heterocycles. The van der Waals surface area contributed by atoms with Gasteiger partial charge in [0, 0.05) is 18.0 Å². The van der Waals surface area contributed by atoms with Crippen LogP contribution in [-0.2, 0) is 13.0 Å². The van der Waals surface area contributed by atoms with Crippen molar-refractivity contribution in [2.45, 2.75) is 25.9 Å². The van der Waals surface area contributed by atoms with Crippen LogP contribution in [0.5, 0.6) is 0 Å². The molecule has 1 atom stereocenters. The Morgan fingerprint density at radius 1 is 1.00 bits per heavy atom. The molecule has 0 aliphatic carbocycles. The van der Waals surface area contributed by atoms with E-state index in [2.05, 4.69) is 28.9 Å². The van der Waals surface area contributed by atoms with Crippen LogP contribution in [0.4, 0.5) is 19.3 Å². The van der Waals surface area contributed by atoms with Crippen molar-refractivity contribution in [3.05, 3.63) is 119 Å². The zero-order chi connectivity index (χ0) is 22.9. The van der Waals surface area contributed by atoms with Crippen molar-refractivity contribution in [2.75, 3.05) is 5.32 Å². The average Bonchev–Trinajstić information content (AvgIpc) is 3.25. The van der Waals surface area contributed by atoms with Gasteiger partial charge < -0.3 is 14.8 Å². The maximum absolute atomic E-state index is 14.3. The van der Waals surface area contributed by atoms with Gasteiger partial charge in [-0.05, 0) is 53.4 Å². The minimum absolute atomic E-state index is 0.0607. The van der Waals surface area contributed by atoms with E-state index in [0.29, 0.717) is 6.54 Å². The van der Waals surface area contributed by atoms with Crippen LogP contribution in [-0.4, -0.2) is 15.5 Å². The third kappa shape index (κ3) is 3.89. The normalized spacial score (nSPS) is 14.9. The van der Waals surface area contributed by atoms with Gasteiger partial charge in [0.1, 0.15) is 11.6 Å². The Labute approximate surface area is 191 Å². The maximum atomic E-state index is 14.3. The standard InChI is InChI=1S/C27H23F2N3O/c1-2-18-9-11-19(12-10-18)26-25-8-5-15-31(25)24-7-4-3-6-20(24)17-32(26)27(33)30-23-14-13-21(28)16-22(23)29/h3-16,26H,2,17H2,1H3,(H,30,33)/t26-/m1/s1. The Morgan fingerprint density at radius 2 is 1.79 bits per heavy atom. The van der Waals surface area contributed by atoms with Crippen LogP contribution in [0.15, 0.2) is 85.1 Å². The summed E-state index contributed by atoms with van der Waals surface area (Å²) in [5.74, 6) is -1.51. The summed E-state index contributed by atoms with van der Waals surface area (Å²) in [5.41, 5.74) is 4.99. The van der Waals surface area contributed by atoms with Crippen LogP contribution in [0.25, 0.3) is 5.69 Å². The molecule has 1 N–H and O–H groups in total. The van der Waals surface area contributed by atoms with Gasteiger partial charge >= 0.3 is 6.03 Å². The number of nitrogens with one attached hydrogen (secondary N) is 1. The lowest BCUT2D eigenvalue weighted by Crippen LogP contribution is -2.38. The minimum atomic E-state index is -0.814. The van der Waals surface area contributed by atoms with E-state index in [0.717, 1.165) is 41.1 Å². The first-order valence-corrected chi connectivity index (χ1v) is 10.9. The van der Waals surface area contributed by atoms with Crippen molar-refractivity contribution in [3.63, 3.8) is 0 Å². The molecule has 2 amide bonds. The van der Waals surface area contributed by atoms with E-state index < -0.39 is 23.7 Å². The summed E-state index contributed by atoms with van der Waals surface area (Å²) in [7, 11) is 0. The first-order valence-electron chi connectivity index (χ1n) is 10.9. The fraction of sp³-hybridized carbons (Fsp3) is 0.148. The lowest BCUT2D eigenvalue weighted by molar-refractivity contribution is 0.194. The Hall–Kier alpha value is -3.93. The highest BCUT2D eigenvalue weighted by molar-refractivity contribution is 5.90.